The van der Waals surface area contributed by atoms with Gasteiger partial charge in [0.2, 0.25) is 0 Å². The van der Waals surface area contributed by atoms with Gasteiger partial charge in [-0.25, -0.2) is 0 Å². The summed E-state index contributed by atoms with van der Waals surface area (Å²) in [6.07, 6.45) is -1.23. The minimum atomic E-state index is -5.46. The van der Waals surface area contributed by atoms with Gasteiger partial charge in [0, 0.05) is 12.5 Å². The average Bonchev–Trinajstić information content (AvgIpc) is 1.84. The minimum absolute atomic E-state index is 0. The lowest BCUT2D eigenvalue weighted by Crippen LogP contribution is -2.33. The number of hydrogen-bond donors (Lipinski definition) is 4. The highest BCUT2D eigenvalue weighted by Gasteiger charge is 2.49. The molecule has 0 aromatic rings. The number of hydrogen-bond acceptors (Lipinski definition) is 3. The predicted molar refractivity (Wildman–Crippen MR) is 43.9 cm³/mol. The van der Waals surface area contributed by atoms with Gasteiger partial charge >= 0.3 is 13.3 Å². The first-order valence-corrected chi connectivity index (χ1v) is 4.62. The number of aliphatic hydroxyl groups is 1. The summed E-state index contributed by atoms with van der Waals surface area (Å²) < 4.78 is 34.9. The fraction of sp³-hybridized carbons (Fsp3) is 1.00. The average molecular weight is 242 g/mol. The summed E-state index contributed by atoms with van der Waals surface area (Å²) in [4.78, 5) is 16.2. The zero-order chi connectivity index (χ0) is 9.99. The molecule has 1 atom stereocenters. The Bertz CT molecular complexity index is 199. The molecule has 0 spiro atoms. The number of halogens is 3. The van der Waals surface area contributed by atoms with Crippen molar-refractivity contribution in [1.82, 2.24) is 0 Å². The summed E-state index contributed by atoms with van der Waals surface area (Å²) in [5.74, 6) is 0. The molecule has 0 amide bonds. The molecule has 0 saturated heterocycles. The third kappa shape index (κ3) is 4.85. The van der Waals surface area contributed by atoms with Crippen molar-refractivity contribution in [2.45, 2.75) is 18.1 Å². The number of alkyl halides is 2. The largest absolute Gasteiger partial charge is 0.395 e. The molecule has 9 heteroatoms. The summed E-state index contributed by atoms with van der Waals surface area (Å²) >= 11 is 0. The second-order valence-corrected chi connectivity index (χ2v) is 4.10. The summed E-state index contributed by atoms with van der Waals surface area (Å²) in [6, 6.07) is -1.33. The Morgan fingerprint density at radius 1 is 1.46 bits per heavy atom. The lowest BCUT2D eigenvalue weighted by molar-refractivity contribution is 0.0372. The molecule has 0 aliphatic heterocycles. The Balaban J connectivity index is 0. The van der Waals surface area contributed by atoms with Gasteiger partial charge in [0.25, 0.3) is 0 Å². The van der Waals surface area contributed by atoms with E-state index in [2.05, 4.69) is 0 Å². The van der Waals surface area contributed by atoms with E-state index in [1.54, 1.807) is 0 Å². The third-order valence-corrected chi connectivity index (χ3v) is 2.20. The molecule has 0 fully saturated rings. The van der Waals surface area contributed by atoms with E-state index in [4.69, 9.17) is 20.6 Å². The molecule has 0 aromatic heterocycles. The zero-order valence-electron chi connectivity index (χ0n) is 6.43. The fourth-order valence-corrected chi connectivity index (χ4v) is 0.971. The van der Waals surface area contributed by atoms with Crippen LogP contribution in [0.1, 0.15) is 6.42 Å². The monoisotopic (exact) mass is 241 g/mol. The lowest BCUT2D eigenvalue weighted by Gasteiger charge is -2.19. The smallest absolute Gasteiger partial charge is 0.394 e. The number of rotatable bonds is 4. The van der Waals surface area contributed by atoms with Crippen LogP contribution in [0.5, 0.6) is 0 Å². The van der Waals surface area contributed by atoms with Gasteiger partial charge in [-0.1, -0.05) is 0 Å². The Hall–Kier alpha value is 0.220. The van der Waals surface area contributed by atoms with Crippen LogP contribution in [0, 0.1) is 0 Å². The van der Waals surface area contributed by atoms with E-state index < -0.39 is 32.3 Å². The fourth-order valence-electron chi connectivity index (χ4n) is 0.499. The maximum Gasteiger partial charge on any atom is 0.394 e. The van der Waals surface area contributed by atoms with E-state index in [-0.39, 0.29) is 12.4 Å². The van der Waals surface area contributed by atoms with E-state index in [1.807, 2.05) is 0 Å². The van der Waals surface area contributed by atoms with Gasteiger partial charge in [-0.05, 0) is 0 Å². The summed E-state index contributed by atoms with van der Waals surface area (Å²) in [5.41, 5.74) is 0.725. The molecule has 0 rings (SSSR count). The Labute approximate surface area is 79.5 Å². The maximum absolute atomic E-state index is 12.4. The molecule has 0 heterocycles. The lowest BCUT2D eigenvalue weighted by atomic mass is 10.2. The van der Waals surface area contributed by atoms with E-state index in [1.165, 1.54) is 0 Å². The molecule has 5 N–H and O–H groups in total. The van der Waals surface area contributed by atoms with E-state index in [0.717, 1.165) is 0 Å². The van der Waals surface area contributed by atoms with E-state index in [9.17, 15) is 13.3 Å². The first-order valence-electron chi connectivity index (χ1n) is 3.00. The van der Waals surface area contributed by atoms with Crippen LogP contribution >= 0.6 is 20.0 Å². The summed E-state index contributed by atoms with van der Waals surface area (Å²) in [6.45, 7) is -0.740. The van der Waals surface area contributed by atoms with Crippen LogP contribution < -0.4 is 5.73 Å². The molecule has 0 aliphatic carbocycles. The van der Waals surface area contributed by atoms with E-state index >= 15 is 0 Å². The van der Waals surface area contributed by atoms with Crippen molar-refractivity contribution >= 4 is 20.0 Å². The first kappa shape index (κ1) is 15.7. The molecule has 5 nitrogen and oxygen atoms in total. The highest BCUT2D eigenvalue weighted by molar-refractivity contribution is 7.53. The van der Waals surface area contributed by atoms with E-state index in [0.29, 0.717) is 0 Å². The first-order chi connectivity index (χ1) is 5.20. The van der Waals surface area contributed by atoms with Gasteiger partial charge in [0.1, 0.15) is 0 Å². The van der Waals surface area contributed by atoms with Crippen LogP contribution in [0.2, 0.25) is 0 Å². The van der Waals surface area contributed by atoms with Crippen molar-refractivity contribution in [3.05, 3.63) is 0 Å². The van der Waals surface area contributed by atoms with Gasteiger partial charge in [-0.3, -0.25) is 4.57 Å². The second kappa shape index (κ2) is 5.19. The minimum Gasteiger partial charge on any atom is -0.395 e. The highest BCUT2D eigenvalue weighted by Crippen LogP contribution is 2.54. The van der Waals surface area contributed by atoms with Crippen molar-refractivity contribution in [2.75, 3.05) is 6.61 Å². The summed E-state index contributed by atoms with van der Waals surface area (Å²) in [7, 11) is -5.46. The normalized spacial score (nSPS) is 14.9. The number of aliphatic hydroxyl groups excluding tert-OH is 1. The van der Waals surface area contributed by atoms with Crippen molar-refractivity contribution in [3.8, 4) is 0 Å². The van der Waals surface area contributed by atoms with Gasteiger partial charge in [-0.15, -0.1) is 12.4 Å². The van der Waals surface area contributed by atoms with Crippen LogP contribution in [-0.2, 0) is 4.57 Å². The topological polar surface area (TPSA) is 104 Å². The van der Waals surface area contributed by atoms with Gasteiger partial charge < -0.3 is 20.6 Å². The summed E-state index contributed by atoms with van der Waals surface area (Å²) in [5, 5.41) is 8.25. The Kier molecular flexibility index (Phi) is 6.26. The van der Waals surface area contributed by atoms with Crippen LogP contribution in [0.15, 0.2) is 0 Å². The Morgan fingerprint density at radius 2 is 1.85 bits per heavy atom. The van der Waals surface area contributed by atoms with Crippen molar-refractivity contribution in [1.29, 1.82) is 0 Å². The predicted octanol–water partition coefficient (Wildman–Crippen LogP) is -0.112. The zero-order valence-corrected chi connectivity index (χ0v) is 8.14. The molecular weight excluding hydrogens is 230 g/mol. The molecule has 0 bridgehead atoms. The molecule has 0 saturated carbocycles. The van der Waals surface area contributed by atoms with Crippen LogP contribution in [-0.4, -0.2) is 33.2 Å². The molecule has 0 unspecified atom stereocenters. The second-order valence-electron chi connectivity index (χ2n) is 2.36. The molecule has 13 heavy (non-hydrogen) atoms. The molecule has 0 aromatic carbocycles. The SMILES string of the molecule is Cl.N[C@H](CO)CC(F)(F)P(=O)(O)O. The molecule has 82 valence electrons. The van der Waals surface area contributed by atoms with Crippen LogP contribution in [0.3, 0.4) is 0 Å². The highest BCUT2D eigenvalue weighted by atomic mass is 35.5. The molecular formula is C4H11ClF2NO4P. The van der Waals surface area contributed by atoms with Crippen molar-refractivity contribution in [2.24, 2.45) is 5.73 Å². The molecule has 0 radical (unpaired) electrons. The number of nitrogens with two attached hydrogens (primary N) is 1. The third-order valence-electron chi connectivity index (χ3n) is 1.17. The van der Waals surface area contributed by atoms with Gasteiger partial charge in [0.15, 0.2) is 0 Å². The van der Waals surface area contributed by atoms with Crippen molar-refractivity contribution in [3.63, 3.8) is 0 Å². The van der Waals surface area contributed by atoms with Crippen molar-refractivity contribution < 1.29 is 28.2 Å². The Morgan fingerprint density at radius 3 is 2.08 bits per heavy atom. The van der Waals surface area contributed by atoms with Gasteiger partial charge in [0.05, 0.1) is 6.61 Å². The quantitative estimate of drug-likeness (QED) is 0.514. The van der Waals surface area contributed by atoms with Gasteiger partial charge in [-0.2, -0.15) is 8.78 Å². The standard InChI is InChI=1S/C4H10F2NO4P.ClH/c5-4(6,12(9,10)11)1-3(7)2-8;/h3,8H,1-2,7H2,(H2,9,10,11);1H/t3-;/m0./s1. The van der Waals surface area contributed by atoms with Crippen LogP contribution in [0.4, 0.5) is 8.78 Å². The van der Waals surface area contributed by atoms with Crippen LogP contribution in [0.25, 0.3) is 0 Å². The maximum atomic E-state index is 12.4. The molecule has 0 aliphatic rings.